The zero-order chi connectivity index (χ0) is 19.9. The van der Waals surface area contributed by atoms with Gasteiger partial charge in [-0.1, -0.05) is 36.4 Å². The molecule has 154 valence electrons. The number of nitrogens with zero attached hydrogens (tertiary/aromatic N) is 2. The average Bonchev–Trinajstić information content (AvgIpc) is 2.62. The Balaban J connectivity index is 0.00000392. The largest absolute Gasteiger partial charge is 0.416 e. The van der Waals surface area contributed by atoms with E-state index in [1.807, 2.05) is 26.2 Å². The number of halogens is 4. The molecule has 0 aliphatic rings. The fourth-order valence-corrected chi connectivity index (χ4v) is 2.58. The third-order valence-corrected chi connectivity index (χ3v) is 3.92. The molecule has 0 saturated carbocycles. The second kappa shape index (κ2) is 11.3. The normalized spacial score (nSPS) is 11.9. The molecule has 0 aliphatic heterocycles. The van der Waals surface area contributed by atoms with Gasteiger partial charge >= 0.3 is 6.18 Å². The zero-order valence-electron chi connectivity index (χ0n) is 16.2. The van der Waals surface area contributed by atoms with Crippen LogP contribution in [0.1, 0.15) is 22.3 Å². The van der Waals surface area contributed by atoms with Gasteiger partial charge in [0.05, 0.1) is 5.56 Å². The summed E-state index contributed by atoms with van der Waals surface area (Å²) in [6.45, 7) is 1.71. The van der Waals surface area contributed by atoms with Gasteiger partial charge in [-0.25, -0.2) is 0 Å². The summed E-state index contributed by atoms with van der Waals surface area (Å²) in [6, 6.07) is 13.5. The lowest BCUT2D eigenvalue weighted by Gasteiger charge is -2.14. The van der Waals surface area contributed by atoms with Crippen LogP contribution in [0.5, 0.6) is 0 Å². The van der Waals surface area contributed by atoms with E-state index in [-0.39, 0.29) is 30.5 Å². The third-order valence-electron chi connectivity index (χ3n) is 3.92. The summed E-state index contributed by atoms with van der Waals surface area (Å²) >= 11 is 0. The topological polar surface area (TPSA) is 39.7 Å². The van der Waals surface area contributed by atoms with Crippen LogP contribution in [-0.2, 0) is 25.8 Å². The molecule has 0 fully saturated rings. The Bertz CT molecular complexity index is 759. The van der Waals surface area contributed by atoms with Gasteiger partial charge in [-0.2, -0.15) is 13.2 Å². The van der Waals surface area contributed by atoms with E-state index in [0.717, 1.165) is 24.2 Å². The van der Waals surface area contributed by atoms with Crippen LogP contribution >= 0.6 is 24.0 Å². The van der Waals surface area contributed by atoms with Gasteiger partial charge in [0.1, 0.15) is 0 Å². The highest BCUT2D eigenvalue weighted by Gasteiger charge is 2.30. The first-order valence-electron chi connectivity index (χ1n) is 8.61. The Morgan fingerprint density at radius 1 is 0.929 bits per heavy atom. The zero-order valence-corrected chi connectivity index (χ0v) is 18.5. The Morgan fingerprint density at radius 2 is 1.50 bits per heavy atom. The molecule has 0 spiro atoms. The summed E-state index contributed by atoms with van der Waals surface area (Å²) in [7, 11) is 5.67. The van der Waals surface area contributed by atoms with Crippen molar-refractivity contribution in [1.29, 1.82) is 0 Å². The van der Waals surface area contributed by atoms with Crippen molar-refractivity contribution in [2.24, 2.45) is 4.99 Å². The summed E-state index contributed by atoms with van der Waals surface area (Å²) < 4.78 is 38.3. The summed E-state index contributed by atoms with van der Waals surface area (Å²) in [6.07, 6.45) is -4.34. The fraction of sp³-hybridized carbons (Fsp3) is 0.350. The highest BCUT2D eigenvalue weighted by atomic mass is 127. The predicted molar refractivity (Wildman–Crippen MR) is 118 cm³/mol. The van der Waals surface area contributed by atoms with Crippen molar-refractivity contribution >= 4 is 29.9 Å². The van der Waals surface area contributed by atoms with Crippen LogP contribution in [0, 0.1) is 0 Å². The second-order valence-electron chi connectivity index (χ2n) is 6.53. The maximum absolute atomic E-state index is 12.8. The summed E-state index contributed by atoms with van der Waals surface area (Å²) in [4.78, 5) is 6.22. The van der Waals surface area contributed by atoms with Crippen molar-refractivity contribution in [3.8, 4) is 0 Å². The number of rotatable bonds is 6. The monoisotopic (exact) mass is 506 g/mol. The minimum Gasteiger partial charge on any atom is -0.352 e. The van der Waals surface area contributed by atoms with Crippen molar-refractivity contribution in [3.63, 3.8) is 0 Å². The van der Waals surface area contributed by atoms with Crippen molar-refractivity contribution in [2.75, 3.05) is 21.1 Å². The van der Waals surface area contributed by atoms with E-state index in [4.69, 9.17) is 0 Å². The quantitative estimate of drug-likeness (QED) is 0.350. The number of guanidine groups is 1. The molecule has 0 saturated heterocycles. The first-order chi connectivity index (χ1) is 12.8. The molecule has 2 N–H and O–H groups in total. The molecule has 0 atom stereocenters. The van der Waals surface area contributed by atoms with Crippen LogP contribution in [0.4, 0.5) is 13.2 Å². The average molecular weight is 506 g/mol. The van der Waals surface area contributed by atoms with E-state index < -0.39 is 11.7 Å². The Kier molecular flexibility index (Phi) is 9.74. The van der Waals surface area contributed by atoms with E-state index in [9.17, 15) is 13.2 Å². The highest BCUT2D eigenvalue weighted by Crippen LogP contribution is 2.29. The van der Waals surface area contributed by atoms with Gasteiger partial charge in [-0.3, -0.25) is 4.99 Å². The number of hydrogen-bond acceptors (Lipinski definition) is 2. The molecule has 2 rings (SSSR count). The summed E-state index contributed by atoms with van der Waals surface area (Å²) in [5.41, 5.74) is 2.22. The number of hydrogen-bond donors (Lipinski definition) is 2. The van der Waals surface area contributed by atoms with Crippen molar-refractivity contribution < 1.29 is 13.2 Å². The molecule has 2 aromatic rings. The lowest BCUT2D eigenvalue weighted by molar-refractivity contribution is -0.137. The van der Waals surface area contributed by atoms with Gasteiger partial charge in [0.2, 0.25) is 0 Å². The van der Waals surface area contributed by atoms with Crippen LogP contribution in [0.3, 0.4) is 0 Å². The molecule has 0 aromatic heterocycles. The molecule has 0 amide bonds. The van der Waals surface area contributed by atoms with Crippen molar-refractivity contribution in [1.82, 2.24) is 15.5 Å². The summed E-state index contributed by atoms with van der Waals surface area (Å²) in [5, 5.41) is 6.20. The van der Waals surface area contributed by atoms with Gasteiger partial charge in [-0.05, 0) is 42.9 Å². The highest BCUT2D eigenvalue weighted by molar-refractivity contribution is 14.0. The SMILES string of the molecule is CN=C(NCc1ccc(CN(C)C)cc1)NCc1cccc(C(F)(F)F)c1.I. The first kappa shape index (κ1) is 24.2. The Hall–Kier alpha value is -1.81. The molecule has 4 nitrogen and oxygen atoms in total. The number of alkyl halides is 3. The smallest absolute Gasteiger partial charge is 0.352 e. The standard InChI is InChI=1S/C20H25F3N4.HI/c1-24-19(25-12-15-7-9-16(10-8-15)14-27(2)3)26-13-17-5-4-6-18(11-17)20(21,22)23;/h4-11H,12-14H2,1-3H3,(H2,24,25,26);1H. The summed E-state index contributed by atoms with van der Waals surface area (Å²) in [5.74, 6) is 0.532. The lowest BCUT2D eigenvalue weighted by Crippen LogP contribution is -2.36. The van der Waals surface area contributed by atoms with E-state index in [1.54, 1.807) is 13.1 Å². The molecule has 0 unspecified atom stereocenters. The molecular weight excluding hydrogens is 480 g/mol. The van der Waals surface area contributed by atoms with Gasteiger partial charge in [0.25, 0.3) is 0 Å². The van der Waals surface area contributed by atoms with E-state index in [1.165, 1.54) is 11.6 Å². The maximum Gasteiger partial charge on any atom is 0.416 e. The van der Waals surface area contributed by atoms with Crippen molar-refractivity contribution in [3.05, 3.63) is 70.8 Å². The Morgan fingerprint density at radius 3 is 2.04 bits per heavy atom. The third kappa shape index (κ3) is 8.05. The van der Waals surface area contributed by atoms with Crippen LogP contribution in [0.2, 0.25) is 0 Å². The van der Waals surface area contributed by atoms with Gasteiger partial charge < -0.3 is 15.5 Å². The number of nitrogens with one attached hydrogen (secondary N) is 2. The number of benzene rings is 2. The van der Waals surface area contributed by atoms with E-state index in [2.05, 4.69) is 32.7 Å². The minimum atomic E-state index is -4.34. The Labute approximate surface area is 181 Å². The second-order valence-corrected chi connectivity index (χ2v) is 6.53. The first-order valence-corrected chi connectivity index (χ1v) is 8.61. The number of aliphatic imine (C=N–C) groups is 1. The van der Waals surface area contributed by atoms with Gasteiger partial charge in [0.15, 0.2) is 5.96 Å². The molecule has 0 aliphatic carbocycles. The molecule has 2 aromatic carbocycles. The molecule has 0 heterocycles. The minimum absolute atomic E-state index is 0. The van der Waals surface area contributed by atoms with Crippen molar-refractivity contribution in [2.45, 2.75) is 25.8 Å². The molecule has 0 radical (unpaired) electrons. The lowest BCUT2D eigenvalue weighted by atomic mass is 10.1. The van der Waals surface area contributed by atoms with Crippen LogP contribution in [-0.4, -0.2) is 32.0 Å². The maximum atomic E-state index is 12.8. The van der Waals surface area contributed by atoms with Crippen LogP contribution < -0.4 is 10.6 Å². The van der Waals surface area contributed by atoms with Crippen LogP contribution in [0.15, 0.2) is 53.5 Å². The molecular formula is C20H26F3IN4. The fourth-order valence-electron chi connectivity index (χ4n) is 2.58. The van der Waals surface area contributed by atoms with E-state index >= 15 is 0 Å². The van der Waals surface area contributed by atoms with Gasteiger partial charge in [-0.15, -0.1) is 24.0 Å². The predicted octanol–water partition coefficient (Wildman–Crippen LogP) is 4.25. The molecule has 8 heteroatoms. The molecule has 0 bridgehead atoms. The van der Waals surface area contributed by atoms with E-state index in [0.29, 0.717) is 18.1 Å². The molecule has 28 heavy (non-hydrogen) atoms. The van der Waals surface area contributed by atoms with Crippen LogP contribution in [0.25, 0.3) is 0 Å². The van der Waals surface area contributed by atoms with Gasteiger partial charge in [0, 0.05) is 26.7 Å².